The summed E-state index contributed by atoms with van der Waals surface area (Å²) in [4.78, 5) is 10.2. The highest BCUT2D eigenvalue weighted by atomic mass is 16.4. The Morgan fingerprint density at radius 3 is 2.64 bits per heavy atom. The molecule has 0 heterocycles. The van der Waals surface area contributed by atoms with E-state index in [0.717, 1.165) is 6.08 Å². The molecule has 0 unspecified atom stereocenters. The number of hydrogen-bond acceptors (Lipinski definition) is 2. The SMILES string of the molecule is C[C@@H](N/C=C/C(=O)O)C1CCCCC1. The molecule has 3 heteroatoms. The molecular weight excluding hydrogens is 178 g/mol. The van der Waals surface area contributed by atoms with Crippen molar-refractivity contribution < 1.29 is 9.90 Å². The van der Waals surface area contributed by atoms with Crippen LogP contribution >= 0.6 is 0 Å². The molecule has 1 aliphatic rings. The molecule has 0 bridgehead atoms. The van der Waals surface area contributed by atoms with Crippen molar-refractivity contribution in [1.29, 1.82) is 0 Å². The van der Waals surface area contributed by atoms with Crippen LogP contribution < -0.4 is 5.32 Å². The van der Waals surface area contributed by atoms with Gasteiger partial charge in [0.15, 0.2) is 0 Å². The van der Waals surface area contributed by atoms with Crippen molar-refractivity contribution in [2.24, 2.45) is 5.92 Å². The third kappa shape index (κ3) is 3.81. The Morgan fingerprint density at radius 1 is 1.43 bits per heavy atom. The summed E-state index contributed by atoms with van der Waals surface area (Å²) in [5, 5.41) is 11.5. The molecular formula is C11H19NO2. The Hall–Kier alpha value is -0.990. The van der Waals surface area contributed by atoms with Crippen LogP contribution in [0.15, 0.2) is 12.3 Å². The van der Waals surface area contributed by atoms with Crippen LogP contribution in [0.25, 0.3) is 0 Å². The zero-order valence-electron chi connectivity index (χ0n) is 8.70. The molecule has 14 heavy (non-hydrogen) atoms. The Balaban J connectivity index is 2.25. The van der Waals surface area contributed by atoms with Crippen LogP contribution in [0.4, 0.5) is 0 Å². The summed E-state index contributed by atoms with van der Waals surface area (Å²) in [5.74, 6) is -0.185. The van der Waals surface area contributed by atoms with Crippen molar-refractivity contribution in [2.75, 3.05) is 0 Å². The topological polar surface area (TPSA) is 49.3 Å². The quantitative estimate of drug-likeness (QED) is 0.679. The first kappa shape index (κ1) is 11.1. The van der Waals surface area contributed by atoms with Crippen LogP contribution in [-0.4, -0.2) is 17.1 Å². The molecule has 2 N–H and O–H groups in total. The van der Waals surface area contributed by atoms with Gasteiger partial charge < -0.3 is 10.4 Å². The van der Waals surface area contributed by atoms with E-state index in [4.69, 9.17) is 5.11 Å². The van der Waals surface area contributed by atoms with Gasteiger partial charge in [-0.2, -0.15) is 0 Å². The molecule has 0 aromatic heterocycles. The van der Waals surface area contributed by atoms with Gasteiger partial charge in [-0.25, -0.2) is 4.79 Å². The number of rotatable bonds is 4. The predicted octanol–water partition coefficient (Wildman–Crippen LogP) is 2.14. The maximum atomic E-state index is 10.2. The number of nitrogens with one attached hydrogen (secondary N) is 1. The van der Waals surface area contributed by atoms with E-state index in [1.807, 2.05) is 0 Å². The highest BCUT2D eigenvalue weighted by Gasteiger charge is 2.18. The van der Waals surface area contributed by atoms with Gasteiger partial charge in [0.2, 0.25) is 0 Å². The van der Waals surface area contributed by atoms with E-state index in [1.165, 1.54) is 32.1 Å². The zero-order chi connectivity index (χ0) is 10.4. The van der Waals surface area contributed by atoms with Crippen LogP contribution in [0.3, 0.4) is 0 Å². The number of carboxylic acid groups (broad SMARTS) is 1. The maximum Gasteiger partial charge on any atom is 0.329 e. The second kappa shape index (κ2) is 5.68. The van der Waals surface area contributed by atoms with Crippen LogP contribution in [0.5, 0.6) is 0 Å². The van der Waals surface area contributed by atoms with Gasteiger partial charge in [-0.1, -0.05) is 19.3 Å². The molecule has 1 fully saturated rings. The molecule has 1 saturated carbocycles. The van der Waals surface area contributed by atoms with Gasteiger partial charge in [0.05, 0.1) is 0 Å². The molecule has 80 valence electrons. The number of carboxylic acids is 1. The fourth-order valence-electron chi connectivity index (χ4n) is 2.04. The average Bonchev–Trinajstić information content (AvgIpc) is 2.18. The first-order chi connectivity index (χ1) is 6.70. The fourth-order valence-corrected chi connectivity index (χ4v) is 2.04. The molecule has 0 amide bonds. The summed E-state index contributed by atoms with van der Waals surface area (Å²) in [6.07, 6.45) is 9.23. The fraction of sp³-hybridized carbons (Fsp3) is 0.727. The first-order valence-corrected chi connectivity index (χ1v) is 5.35. The number of aliphatic carboxylic acids is 1. The first-order valence-electron chi connectivity index (χ1n) is 5.35. The maximum absolute atomic E-state index is 10.2. The third-order valence-electron chi connectivity index (χ3n) is 2.94. The smallest absolute Gasteiger partial charge is 0.329 e. The molecule has 0 aromatic rings. The van der Waals surface area contributed by atoms with Crippen molar-refractivity contribution in [2.45, 2.75) is 45.1 Å². The van der Waals surface area contributed by atoms with E-state index in [9.17, 15) is 4.79 Å². The molecule has 0 aliphatic heterocycles. The van der Waals surface area contributed by atoms with E-state index < -0.39 is 5.97 Å². The lowest BCUT2D eigenvalue weighted by atomic mass is 9.85. The lowest BCUT2D eigenvalue weighted by Gasteiger charge is -2.27. The van der Waals surface area contributed by atoms with Gasteiger partial charge in [-0.15, -0.1) is 0 Å². The minimum Gasteiger partial charge on any atom is -0.478 e. The summed E-state index contributed by atoms with van der Waals surface area (Å²) >= 11 is 0. The number of carbonyl (C=O) groups is 1. The predicted molar refractivity (Wildman–Crippen MR) is 55.9 cm³/mol. The summed E-state index contributed by atoms with van der Waals surface area (Å²) in [6, 6.07) is 0.394. The molecule has 1 atom stereocenters. The molecule has 0 saturated heterocycles. The van der Waals surface area contributed by atoms with E-state index in [0.29, 0.717) is 12.0 Å². The lowest BCUT2D eigenvalue weighted by molar-refractivity contribution is -0.131. The minimum absolute atomic E-state index is 0.394. The summed E-state index contributed by atoms with van der Waals surface area (Å²) in [5.41, 5.74) is 0. The standard InChI is InChI=1S/C11H19NO2/c1-9(12-8-7-11(13)14)10-5-3-2-4-6-10/h7-10,12H,2-6H2,1H3,(H,13,14)/b8-7+/t9-/m1/s1. The Morgan fingerprint density at radius 2 is 2.07 bits per heavy atom. The normalized spacial score (nSPS) is 20.9. The van der Waals surface area contributed by atoms with Gasteiger partial charge >= 0.3 is 5.97 Å². The molecule has 1 rings (SSSR count). The van der Waals surface area contributed by atoms with Crippen LogP contribution in [0.2, 0.25) is 0 Å². The Labute approximate surface area is 85.2 Å². The summed E-state index contributed by atoms with van der Waals surface area (Å²) < 4.78 is 0. The average molecular weight is 197 g/mol. The van der Waals surface area contributed by atoms with Gasteiger partial charge in [0.1, 0.15) is 0 Å². The van der Waals surface area contributed by atoms with E-state index in [1.54, 1.807) is 6.20 Å². The summed E-state index contributed by atoms with van der Waals surface area (Å²) in [6.45, 7) is 2.13. The molecule has 3 nitrogen and oxygen atoms in total. The van der Waals surface area contributed by atoms with Gasteiger partial charge in [0.25, 0.3) is 0 Å². The second-order valence-corrected chi connectivity index (χ2v) is 4.03. The van der Waals surface area contributed by atoms with Gasteiger partial charge in [-0.05, 0) is 25.7 Å². The van der Waals surface area contributed by atoms with Crippen molar-refractivity contribution in [3.8, 4) is 0 Å². The molecule has 0 spiro atoms. The van der Waals surface area contributed by atoms with Crippen LogP contribution in [0, 0.1) is 5.92 Å². The van der Waals surface area contributed by atoms with Gasteiger partial charge in [-0.3, -0.25) is 0 Å². The minimum atomic E-state index is -0.895. The zero-order valence-corrected chi connectivity index (χ0v) is 8.70. The second-order valence-electron chi connectivity index (χ2n) is 4.03. The van der Waals surface area contributed by atoms with Crippen molar-refractivity contribution in [3.05, 3.63) is 12.3 Å². The van der Waals surface area contributed by atoms with Crippen LogP contribution in [0.1, 0.15) is 39.0 Å². The van der Waals surface area contributed by atoms with Crippen molar-refractivity contribution in [3.63, 3.8) is 0 Å². The monoisotopic (exact) mass is 197 g/mol. The third-order valence-corrected chi connectivity index (χ3v) is 2.94. The van der Waals surface area contributed by atoms with E-state index in [-0.39, 0.29) is 0 Å². The highest BCUT2D eigenvalue weighted by molar-refractivity contribution is 5.79. The Bertz CT molecular complexity index is 207. The largest absolute Gasteiger partial charge is 0.478 e. The van der Waals surface area contributed by atoms with Crippen molar-refractivity contribution in [1.82, 2.24) is 5.32 Å². The number of hydrogen-bond donors (Lipinski definition) is 2. The summed E-state index contributed by atoms with van der Waals surface area (Å²) in [7, 11) is 0. The van der Waals surface area contributed by atoms with Crippen molar-refractivity contribution >= 4 is 5.97 Å². The van der Waals surface area contributed by atoms with E-state index in [2.05, 4.69) is 12.2 Å². The molecule has 0 aromatic carbocycles. The van der Waals surface area contributed by atoms with Crippen LogP contribution in [-0.2, 0) is 4.79 Å². The van der Waals surface area contributed by atoms with E-state index >= 15 is 0 Å². The highest BCUT2D eigenvalue weighted by Crippen LogP contribution is 2.26. The molecule has 1 aliphatic carbocycles. The van der Waals surface area contributed by atoms with Gasteiger partial charge in [0, 0.05) is 18.3 Å². The lowest BCUT2D eigenvalue weighted by Crippen LogP contribution is -2.31. The Kier molecular flexibility index (Phi) is 4.50. The molecule has 0 radical (unpaired) electrons.